The fraction of sp³-hybridized carbons (Fsp3) is 0.400. The van der Waals surface area contributed by atoms with Gasteiger partial charge in [0.25, 0.3) is 5.91 Å². The van der Waals surface area contributed by atoms with E-state index in [0.29, 0.717) is 6.54 Å². The third kappa shape index (κ3) is 4.90. The van der Waals surface area contributed by atoms with Gasteiger partial charge in [-0.15, -0.1) is 0 Å². The van der Waals surface area contributed by atoms with Crippen LogP contribution in [0.1, 0.15) is 41.4 Å². The Kier molecular flexibility index (Phi) is 7.41. The number of hydrogen-bond donors (Lipinski definition) is 1. The third-order valence-electron chi connectivity index (χ3n) is 4.92. The summed E-state index contributed by atoms with van der Waals surface area (Å²) in [6.45, 7) is 2.43. The lowest BCUT2D eigenvalue weighted by atomic mass is 10.0. The summed E-state index contributed by atoms with van der Waals surface area (Å²) in [5, 5.41) is 3.36. The molecule has 1 aliphatic heterocycles. The normalized spacial score (nSPS) is 15.9. The van der Waals surface area contributed by atoms with Gasteiger partial charge in [0.05, 0.1) is 28.2 Å². The number of hydrogen-bond acceptors (Lipinski definition) is 4. The molecule has 1 N–H and O–H groups in total. The molecule has 5 nitrogen and oxygen atoms in total. The molecule has 1 saturated heterocycles. The van der Waals surface area contributed by atoms with Crippen LogP contribution in [0.4, 0.5) is 0 Å². The Bertz CT molecular complexity index is 824. The van der Waals surface area contributed by atoms with Crippen LogP contribution in [0.5, 0.6) is 5.75 Å². The summed E-state index contributed by atoms with van der Waals surface area (Å²) in [6, 6.07) is 8.00. The van der Waals surface area contributed by atoms with Gasteiger partial charge < -0.3 is 10.1 Å². The highest BCUT2D eigenvalue weighted by Gasteiger charge is 2.24. The van der Waals surface area contributed by atoms with E-state index in [1.165, 1.54) is 12.6 Å². The van der Waals surface area contributed by atoms with Crippen LogP contribution in [0.2, 0.25) is 15.1 Å². The van der Waals surface area contributed by atoms with Crippen molar-refractivity contribution in [2.45, 2.75) is 25.3 Å². The zero-order valence-corrected chi connectivity index (χ0v) is 17.8. The molecule has 8 heteroatoms. The average Bonchev–Trinajstić information content (AvgIpc) is 2.73. The number of aromatic nitrogens is 1. The van der Waals surface area contributed by atoms with Crippen molar-refractivity contribution in [3.8, 4) is 5.75 Å². The summed E-state index contributed by atoms with van der Waals surface area (Å²) >= 11 is 18.1. The van der Waals surface area contributed by atoms with Crippen LogP contribution in [0.25, 0.3) is 0 Å². The molecule has 1 amide bonds. The molecule has 0 unspecified atom stereocenters. The highest BCUT2D eigenvalue weighted by atomic mass is 35.5. The maximum absolute atomic E-state index is 12.6. The first kappa shape index (κ1) is 21.2. The minimum Gasteiger partial charge on any atom is -0.497 e. The van der Waals surface area contributed by atoms with E-state index in [4.69, 9.17) is 39.5 Å². The zero-order valence-electron chi connectivity index (χ0n) is 15.6. The number of benzene rings is 1. The monoisotopic (exact) mass is 441 g/mol. The standard InChI is InChI=1S/C20H22Cl3N3O2/c1-28-14-7-5-13(6-8-14)16(26-9-3-2-4-10-26)12-25-20(27)19-18(23)17(22)15(21)11-24-19/h5-8,11,16H,2-4,9-10,12H2,1H3,(H,25,27)/t16-/m1/s1. The molecule has 1 aliphatic rings. The molecule has 1 aromatic heterocycles. The maximum atomic E-state index is 12.6. The van der Waals surface area contributed by atoms with Crippen LogP contribution in [-0.2, 0) is 0 Å². The van der Waals surface area contributed by atoms with Gasteiger partial charge in [0.15, 0.2) is 0 Å². The average molecular weight is 443 g/mol. The van der Waals surface area contributed by atoms with E-state index in [9.17, 15) is 4.79 Å². The number of piperidine rings is 1. The Morgan fingerprint density at radius 2 is 1.82 bits per heavy atom. The number of carbonyl (C=O) groups excluding carboxylic acids is 1. The Morgan fingerprint density at radius 3 is 2.46 bits per heavy atom. The molecule has 1 atom stereocenters. The van der Waals surface area contributed by atoms with Gasteiger partial charge in [0, 0.05) is 12.7 Å². The van der Waals surface area contributed by atoms with E-state index in [-0.39, 0.29) is 32.7 Å². The lowest BCUT2D eigenvalue weighted by Crippen LogP contribution is -2.40. The second kappa shape index (κ2) is 9.79. The first-order valence-electron chi connectivity index (χ1n) is 9.17. The molecular formula is C20H22Cl3N3O2. The van der Waals surface area contributed by atoms with Gasteiger partial charge in [0.2, 0.25) is 0 Å². The van der Waals surface area contributed by atoms with Gasteiger partial charge in [-0.3, -0.25) is 9.69 Å². The molecule has 0 bridgehead atoms. The van der Waals surface area contributed by atoms with Gasteiger partial charge in [-0.1, -0.05) is 53.4 Å². The number of methoxy groups -OCH3 is 1. The van der Waals surface area contributed by atoms with Crippen LogP contribution in [0.3, 0.4) is 0 Å². The molecular weight excluding hydrogens is 421 g/mol. The summed E-state index contributed by atoms with van der Waals surface area (Å²) in [6.07, 6.45) is 4.87. The fourth-order valence-electron chi connectivity index (χ4n) is 3.39. The molecule has 0 aliphatic carbocycles. The third-order valence-corrected chi connectivity index (χ3v) is 6.16. The summed E-state index contributed by atoms with van der Waals surface area (Å²) in [5.41, 5.74) is 1.19. The minimum atomic E-state index is -0.376. The van der Waals surface area contributed by atoms with Crippen molar-refractivity contribution in [1.29, 1.82) is 0 Å². The first-order chi connectivity index (χ1) is 13.5. The summed E-state index contributed by atoms with van der Waals surface area (Å²) in [4.78, 5) is 19.1. The molecule has 1 fully saturated rings. The second-order valence-corrected chi connectivity index (χ2v) is 7.84. The molecule has 0 saturated carbocycles. The number of nitrogens with one attached hydrogen (secondary N) is 1. The number of pyridine rings is 1. The van der Waals surface area contributed by atoms with E-state index >= 15 is 0 Å². The number of ether oxygens (including phenoxy) is 1. The van der Waals surface area contributed by atoms with Crippen LogP contribution in [0.15, 0.2) is 30.5 Å². The molecule has 1 aromatic carbocycles. The molecule has 28 heavy (non-hydrogen) atoms. The van der Waals surface area contributed by atoms with Crippen LogP contribution in [-0.4, -0.2) is 42.5 Å². The molecule has 2 aromatic rings. The Labute approximate surface area is 179 Å². The zero-order chi connectivity index (χ0) is 20.1. The smallest absolute Gasteiger partial charge is 0.271 e. The Balaban J connectivity index is 1.77. The van der Waals surface area contributed by atoms with E-state index in [0.717, 1.165) is 37.2 Å². The second-order valence-electron chi connectivity index (χ2n) is 6.68. The van der Waals surface area contributed by atoms with Crippen molar-refractivity contribution in [3.05, 3.63) is 56.8 Å². The number of halogens is 3. The molecule has 150 valence electrons. The van der Waals surface area contributed by atoms with Crippen molar-refractivity contribution in [2.75, 3.05) is 26.7 Å². The number of rotatable bonds is 6. The Hall–Kier alpha value is -1.53. The summed E-state index contributed by atoms with van der Waals surface area (Å²) in [7, 11) is 1.64. The topological polar surface area (TPSA) is 54.5 Å². The SMILES string of the molecule is COc1ccc([C@@H](CNC(=O)c2ncc(Cl)c(Cl)c2Cl)N2CCCCC2)cc1. The van der Waals surface area contributed by atoms with Gasteiger partial charge >= 0.3 is 0 Å². The van der Waals surface area contributed by atoms with Crippen molar-refractivity contribution >= 4 is 40.7 Å². The number of carbonyl (C=O) groups is 1. The van der Waals surface area contributed by atoms with Crippen molar-refractivity contribution in [2.24, 2.45) is 0 Å². The highest BCUT2D eigenvalue weighted by molar-refractivity contribution is 6.48. The van der Waals surface area contributed by atoms with Crippen molar-refractivity contribution < 1.29 is 9.53 Å². The molecule has 2 heterocycles. The van der Waals surface area contributed by atoms with E-state index < -0.39 is 0 Å². The van der Waals surface area contributed by atoms with E-state index in [1.807, 2.05) is 24.3 Å². The largest absolute Gasteiger partial charge is 0.497 e. The van der Waals surface area contributed by atoms with Crippen molar-refractivity contribution in [3.63, 3.8) is 0 Å². The van der Waals surface area contributed by atoms with Gasteiger partial charge in [-0.2, -0.15) is 0 Å². The molecule has 0 radical (unpaired) electrons. The lowest BCUT2D eigenvalue weighted by Gasteiger charge is -2.35. The Morgan fingerprint density at radius 1 is 1.14 bits per heavy atom. The minimum absolute atomic E-state index is 0.0525. The number of amides is 1. The predicted molar refractivity (Wildman–Crippen MR) is 113 cm³/mol. The van der Waals surface area contributed by atoms with Gasteiger partial charge in [-0.25, -0.2) is 4.98 Å². The van der Waals surface area contributed by atoms with E-state index in [2.05, 4.69) is 15.2 Å². The van der Waals surface area contributed by atoms with E-state index in [1.54, 1.807) is 7.11 Å². The first-order valence-corrected chi connectivity index (χ1v) is 10.3. The fourth-order valence-corrected chi connectivity index (χ4v) is 3.95. The lowest BCUT2D eigenvalue weighted by molar-refractivity contribution is 0.0919. The summed E-state index contributed by atoms with van der Waals surface area (Å²) < 4.78 is 5.25. The summed E-state index contributed by atoms with van der Waals surface area (Å²) in [5.74, 6) is 0.427. The van der Waals surface area contributed by atoms with Gasteiger partial charge in [-0.05, 0) is 43.6 Å². The molecule has 3 rings (SSSR count). The predicted octanol–water partition coefficient (Wildman–Crippen LogP) is 5.01. The van der Waals surface area contributed by atoms with Crippen LogP contribution in [0, 0.1) is 0 Å². The van der Waals surface area contributed by atoms with Gasteiger partial charge in [0.1, 0.15) is 11.4 Å². The maximum Gasteiger partial charge on any atom is 0.271 e. The van der Waals surface area contributed by atoms with Crippen LogP contribution < -0.4 is 10.1 Å². The molecule has 0 spiro atoms. The van der Waals surface area contributed by atoms with Crippen LogP contribution >= 0.6 is 34.8 Å². The van der Waals surface area contributed by atoms with Crippen molar-refractivity contribution in [1.82, 2.24) is 15.2 Å². The highest BCUT2D eigenvalue weighted by Crippen LogP contribution is 2.31. The number of nitrogens with zero attached hydrogens (tertiary/aromatic N) is 2. The number of likely N-dealkylation sites (tertiary alicyclic amines) is 1. The quantitative estimate of drug-likeness (QED) is 0.683.